The van der Waals surface area contributed by atoms with E-state index in [1.54, 1.807) is 0 Å². The largest absolute Gasteiger partial charge is 0.340 e. The lowest BCUT2D eigenvalue weighted by Crippen LogP contribution is -2.37. The fraction of sp³-hybridized carbons (Fsp3) is 0.167. The van der Waals surface area contributed by atoms with Crippen LogP contribution in [0.25, 0.3) is 22.2 Å². The number of benzene rings is 2. The standard InChI is InChI=1S/C24H21N3O4/c1-3-14-26-22(29)23(30)27(24(26)31)15-19(28)20-17-12-8-9-13-18(17)25(4-2)21(20)16-10-6-5-7-11-16/h3,5-13H,1,4,14-15H2,2H3. The molecule has 4 amide bonds. The number of aryl methyl sites for hydroxylation is 1. The number of carbonyl (C=O) groups excluding carboxylic acids is 4. The molecule has 3 aromatic rings. The summed E-state index contributed by atoms with van der Waals surface area (Å²) in [7, 11) is 0. The van der Waals surface area contributed by atoms with Gasteiger partial charge < -0.3 is 4.57 Å². The maximum atomic E-state index is 13.5. The molecule has 31 heavy (non-hydrogen) atoms. The maximum absolute atomic E-state index is 13.5. The zero-order valence-corrected chi connectivity index (χ0v) is 17.1. The van der Waals surface area contributed by atoms with E-state index in [2.05, 4.69) is 6.58 Å². The van der Waals surface area contributed by atoms with Gasteiger partial charge in [-0.15, -0.1) is 6.58 Å². The molecule has 156 valence electrons. The second-order valence-electron chi connectivity index (χ2n) is 7.15. The van der Waals surface area contributed by atoms with Crippen LogP contribution < -0.4 is 0 Å². The molecule has 0 spiro atoms. The Bertz CT molecular complexity index is 1230. The zero-order valence-electron chi connectivity index (χ0n) is 17.1. The molecule has 0 saturated carbocycles. The summed E-state index contributed by atoms with van der Waals surface area (Å²) in [6.07, 6.45) is 1.36. The fourth-order valence-corrected chi connectivity index (χ4v) is 4.01. The van der Waals surface area contributed by atoms with E-state index < -0.39 is 30.2 Å². The van der Waals surface area contributed by atoms with Gasteiger partial charge in [-0.1, -0.05) is 54.6 Å². The number of Topliss-reactive ketones (excluding diaryl/α,β-unsaturated/α-hetero) is 1. The van der Waals surface area contributed by atoms with Gasteiger partial charge in [0.25, 0.3) is 0 Å². The smallest absolute Gasteiger partial charge is 0.334 e. The predicted molar refractivity (Wildman–Crippen MR) is 116 cm³/mol. The summed E-state index contributed by atoms with van der Waals surface area (Å²) >= 11 is 0. The van der Waals surface area contributed by atoms with Crippen LogP contribution in [0.5, 0.6) is 0 Å². The van der Waals surface area contributed by atoms with Crippen LogP contribution in [0.15, 0.2) is 67.3 Å². The van der Waals surface area contributed by atoms with E-state index in [4.69, 9.17) is 0 Å². The van der Waals surface area contributed by atoms with Crippen molar-refractivity contribution in [3.05, 3.63) is 72.8 Å². The van der Waals surface area contributed by atoms with Crippen LogP contribution in [-0.4, -0.2) is 51.1 Å². The van der Waals surface area contributed by atoms with Crippen LogP contribution in [0.3, 0.4) is 0 Å². The Labute approximate surface area is 179 Å². The van der Waals surface area contributed by atoms with Gasteiger partial charge in [-0.05, 0) is 18.6 Å². The SMILES string of the molecule is C=CCN1C(=O)C(=O)N(CC(=O)c2c(-c3ccccc3)n(CC)c3ccccc23)C1=O. The van der Waals surface area contributed by atoms with Crippen LogP contribution in [0.1, 0.15) is 17.3 Å². The minimum absolute atomic E-state index is 0.0848. The number of amides is 4. The average Bonchev–Trinajstić information content (AvgIpc) is 3.23. The molecule has 1 aliphatic heterocycles. The Kier molecular flexibility index (Phi) is 5.25. The topological polar surface area (TPSA) is 79.7 Å². The summed E-state index contributed by atoms with van der Waals surface area (Å²) in [4.78, 5) is 52.1. The molecule has 0 radical (unpaired) electrons. The van der Waals surface area contributed by atoms with Crippen LogP contribution >= 0.6 is 0 Å². The minimum Gasteiger partial charge on any atom is -0.340 e. The highest BCUT2D eigenvalue weighted by atomic mass is 16.2. The van der Waals surface area contributed by atoms with Gasteiger partial charge in [0.15, 0.2) is 5.78 Å². The Morgan fingerprint density at radius 3 is 2.26 bits per heavy atom. The quantitative estimate of drug-likeness (QED) is 0.256. The van der Waals surface area contributed by atoms with Gasteiger partial charge in [-0.3, -0.25) is 19.3 Å². The molecule has 7 heteroatoms. The number of hydrogen-bond acceptors (Lipinski definition) is 4. The van der Waals surface area contributed by atoms with Crippen molar-refractivity contribution in [3.8, 4) is 11.3 Å². The predicted octanol–water partition coefficient (Wildman–Crippen LogP) is 3.49. The fourth-order valence-electron chi connectivity index (χ4n) is 4.01. The van der Waals surface area contributed by atoms with Gasteiger partial charge in [0.1, 0.15) is 0 Å². The molecular weight excluding hydrogens is 394 g/mol. The Morgan fingerprint density at radius 2 is 1.58 bits per heavy atom. The van der Waals surface area contributed by atoms with Crippen molar-refractivity contribution in [3.63, 3.8) is 0 Å². The molecule has 1 aliphatic rings. The molecule has 1 aromatic heterocycles. The summed E-state index contributed by atoms with van der Waals surface area (Å²) in [6.45, 7) is 5.53. The van der Waals surface area contributed by atoms with Crippen molar-refractivity contribution >= 4 is 34.5 Å². The monoisotopic (exact) mass is 415 g/mol. The van der Waals surface area contributed by atoms with Crippen molar-refractivity contribution in [1.29, 1.82) is 0 Å². The minimum atomic E-state index is -0.999. The summed E-state index contributed by atoms with van der Waals surface area (Å²) < 4.78 is 2.04. The molecule has 2 aromatic carbocycles. The molecule has 4 rings (SSSR count). The van der Waals surface area contributed by atoms with E-state index in [0.717, 1.165) is 27.1 Å². The number of urea groups is 1. The highest BCUT2D eigenvalue weighted by Crippen LogP contribution is 2.34. The number of para-hydroxylation sites is 1. The van der Waals surface area contributed by atoms with Gasteiger partial charge >= 0.3 is 17.8 Å². The van der Waals surface area contributed by atoms with Gasteiger partial charge in [-0.2, -0.15) is 0 Å². The lowest BCUT2D eigenvalue weighted by molar-refractivity contribution is -0.142. The summed E-state index contributed by atoms with van der Waals surface area (Å²) in [5, 5.41) is 0.738. The van der Waals surface area contributed by atoms with Crippen molar-refractivity contribution < 1.29 is 19.2 Å². The average molecular weight is 415 g/mol. The van der Waals surface area contributed by atoms with Crippen LogP contribution in [0.4, 0.5) is 4.79 Å². The van der Waals surface area contributed by atoms with Gasteiger partial charge in [0.2, 0.25) is 0 Å². The number of fused-ring (bicyclic) bond motifs is 1. The Balaban J connectivity index is 1.82. The van der Waals surface area contributed by atoms with Gasteiger partial charge in [0, 0.05) is 24.0 Å². The van der Waals surface area contributed by atoms with E-state index in [1.165, 1.54) is 6.08 Å². The first kappa shape index (κ1) is 20.3. The molecule has 0 unspecified atom stereocenters. The number of ketones is 1. The van der Waals surface area contributed by atoms with Crippen LogP contribution in [0, 0.1) is 0 Å². The van der Waals surface area contributed by atoms with Crippen molar-refractivity contribution in [2.24, 2.45) is 0 Å². The Hall–Kier alpha value is -4.00. The van der Waals surface area contributed by atoms with Crippen LogP contribution in [0.2, 0.25) is 0 Å². The lowest BCUT2D eigenvalue weighted by Gasteiger charge is -2.15. The molecule has 2 heterocycles. The summed E-state index contributed by atoms with van der Waals surface area (Å²) in [5.74, 6) is -2.35. The highest BCUT2D eigenvalue weighted by Gasteiger charge is 2.45. The van der Waals surface area contributed by atoms with E-state index >= 15 is 0 Å². The van der Waals surface area contributed by atoms with E-state index in [1.807, 2.05) is 66.1 Å². The number of nitrogens with zero attached hydrogens (tertiary/aromatic N) is 3. The third-order valence-corrected chi connectivity index (χ3v) is 5.36. The van der Waals surface area contributed by atoms with Crippen molar-refractivity contribution in [2.75, 3.05) is 13.1 Å². The second-order valence-corrected chi connectivity index (χ2v) is 7.15. The third-order valence-electron chi connectivity index (χ3n) is 5.36. The molecule has 0 N–H and O–H groups in total. The zero-order chi connectivity index (χ0) is 22.1. The third kappa shape index (κ3) is 3.24. The van der Waals surface area contributed by atoms with Gasteiger partial charge in [-0.25, -0.2) is 9.69 Å². The molecule has 1 saturated heterocycles. The van der Waals surface area contributed by atoms with E-state index in [0.29, 0.717) is 17.0 Å². The lowest BCUT2D eigenvalue weighted by atomic mass is 10.0. The first-order valence-electron chi connectivity index (χ1n) is 9.97. The number of rotatable bonds is 7. The molecule has 0 bridgehead atoms. The second kappa shape index (κ2) is 8.02. The first-order valence-corrected chi connectivity index (χ1v) is 9.97. The summed E-state index contributed by atoms with van der Waals surface area (Å²) in [6, 6.07) is 16.2. The van der Waals surface area contributed by atoms with Crippen molar-refractivity contribution in [1.82, 2.24) is 14.4 Å². The number of hydrogen-bond donors (Lipinski definition) is 0. The van der Waals surface area contributed by atoms with Crippen LogP contribution in [-0.2, 0) is 16.1 Å². The molecule has 0 atom stereocenters. The number of imide groups is 2. The van der Waals surface area contributed by atoms with Gasteiger partial charge in [0.05, 0.1) is 17.8 Å². The Morgan fingerprint density at radius 1 is 0.935 bits per heavy atom. The first-order chi connectivity index (χ1) is 15.0. The summed E-state index contributed by atoms with van der Waals surface area (Å²) in [5.41, 5.74) is 2.89. The normalized spacial score (nSPS) is 14.0. The molecular formula is C24H21N3O4. The highest BCUT2D eigenvalue weighted by molar-refractivity contribution is 6.45. The maximum Gasteiger partial charge on any atom is 0.334 e. The van der Waals surface area contributed by atoms with E-state index in [-0.39, 0.29) is 6.54 Å². The number of carbonyl (C=O) groups is 4. The van der Waals surface area contributed by atoms with E-state index in [9.17, 15) is 19.2 Å². The molecule has 0 aliphatic carbocycles. The number of aromatic nitrogens is 1. The molecule has 1 fully saturated rings. The molecule has 7 nitrogen and oxygen atoms in total. The van der Waals surface area contributed by atoms with Crippen molar-refractivity contribution in [2.45, 2.75) is 13.5 Å².